The van der Waals surface area contributed by atoms with Gasteiger partial charge in [0.15, 0.2) is 5.76 Å². The largest absolute Gasteiger partial charge is 0.502 e. The van der Waals surface area contributed by atoms with Gasteiger partial charge in [-0.1, -0.05) is 41.4 Å². The molecular weight excluding hydrogens is 337 g/mol. The molecule has 4 nitrogen and oxygen atoms in total. The van der Waals surface area contributed by atoms with Crippen molar-refractivity contribution >= 4 is 46.3 Å². The lowest BCUT2D eigenvalue weighted by atomic mass is 10.1. The zero-order valence-electron chi connectivity index (χ0n) is 12.0. The number of aliphatic hydroxyl groups is 1. The highest BCUT2D eigenvalue weighted by Gasteiger charge is 2.40. The quantitative estimate of drug-likeness (QED) is 0.830. The zero-order chi connectivity index (χ0) is 16.7. The molecule has 0 aliphatic carbocycles. The minimum absolute atomic E-state index is 0.0500. The molecule has 0 aromatic heterocycles. The van der Waals surface area contributed by atoms with E-state index in [1.165, 1.54) is 6.07 Å². The summed E-state index contributed by atoms with van der Waals surface area (Å²) < 4.78 is 0. The summed E-state index contributed by atoms with van der Waals surface area (Å²) in [6.07, 6.45) is 0. The fourth-order valence-electron chi connectivity index (χ4n) is 2.44. The fraction of sp³-hybridized carbons (Fsp3) is 0.0588. The number of halogens is 2. The molecular formula is C17H11Cl2NO3. The van der Waals surface area contributed by atoms with Crippen LogP contribution in [-0.2, 0) is 9.59 Å². The van der Waals surface area contributed by atoms with Gasteiger partial charge in [-0.05, 0) is 42.3 Å². The molecule has 0 fully saturated rings. The molecule has 0 spiro atoms. The van der Waals surface area contributed by atoms with Crippen LogP contribution < -0.4 is 4.90 Å². The predicted molar refractivity (Wildman–Crippen MR) is 89.7 cm³/mol. The summed E-state index contributed by atoms with van der Waals surface area (Å²) in [5.41, 5.74) is 1.42. The molecule has 116 valence electrons. The molecule has 0 saturated carbocycles. The van der Waals surface area contributed by atoms with E-state index in [1.807, 2.05) is 0 Å². The summed E-state index contributed by atoms with van der Waals surface area (Å²) >= 11 is 11.8. The van der Waals surface area contributed by atoms with Crippen LogP contribution in [0.15, 0.2) is 48.2 Å². The van der Waals surface area contributed by atoms with Crippen LogP contribution in [0.5, 0.6) is 0 Å². The Morgan fingerprint density at radius 3 is 2.17 bits per heavy atom. The van der Waals surface area contributed by atoms with Gasteiger partial charge in [0.05, 0.1) is 11.3 Å². The lowest BCUT2D eigenvalue weighted by Crippen LogP contribution is -2.32. The number of imide groups is 1. The van der Waals surface area contributed by atoms with E-state index in [1.54, 1.807) is 43.3 Å². The lowest BCUT2D eigenvalue weighted by molar-refractivity contribution is -0.121. The average Bonchev–Trinajstić information content (AvgIpc) is 2.73. The van der Waals surface area contributed by atoms with Crippen LogP contribution in [-0.4, -0.2) is 16.9 Å². The van der Waals surface area contributed by atoms with Crippen molar-refractivity contribution in [2.45, 2.75) is 6.92 Å². The van der Waals surface area contributed by atoms with Crippen molar-refractivity contribution < 1.29 is 14.7 Å². The number of carbonyl (C=O) groups is 2. The molecule has 0 saturated heterocycles. The first-order valence-corrected chi connectivity index (χ1v) is 7.50. The van der Waals surface area contributed by atoms with Crippen molar-refractivity contribution in [1.82, 2.24) is 0 Å². The van der Waals surface area contributed by atoms with Crippen LogP contribution in [0.2, 0.25) is 10.0 Å². The van der Waals surface area contributed by atoms with E-state index in [9.17, 15) is 14.7 Å². The van der Waals surface area contributed by atoms with Crippen LogP contribution >= 0.6 is 23.2 Å². The normalized spacial score (nSPS) is 14.8. The van der Waals surface area contributed by atoms with Crippen molar-refractivity contribution in [3.05, 3.63) is 69.4 Å². The number of carbonyl (C=O) groups excluding carboxylic acids is 2. The summed E-state index contributed by atoms with van der Waals surface area (Å²) in [7, 11) is 0. The Balaban J connectivity index is 2.09. The third-order valence-corrected chi connectivity index (χ3v) is 4.09. The summed E-state index contributed by atoms with van der Waals surface area (Å²) in [6.45, 7) is 1.75. The molecule has 3 rings (SSSR count). The molecule has 1 aliphatic heterocycles. The van der Waals surface area contributed by atoms with Crippen LogP contribution in [0.4, 0.5) is 5.69 Å². The Morgan fingerprint density at radius 2 is 1.52 bits per heavy atom. The number of aliphatic hydroxyl groups excluding tert-OH is 1. The Morgan fingerprint density at radius 1 is 0.913 bits per heavy atom. The standard InChI is InChI=1S/C17H11Cl2NO3/c1-9-2-5-12(19)8-13(9)20-16(22)14(15(21)17(20)23)10-3-6-11(18)7-4-10/h2-8,21H,1H3. The highest BCUT2D eigenvalue weighted by atomic mass is 35.5. The maximum absolute atomic E-state index is 12.7. The average molecular weight is 348 g/mol. The molecule has 2 aromatic rings. The van der Waals surface area contributed by atoms with Gasteiger partial charge in [0.1, 0.15) is 0 Å². The Bertz CT molecular complexity index is 857. The molecule has 1 aliphatic rings. The summed E-state index contributed by atoms with van der Waals surface area (Å²) in [6, 6.07) is 11.2. The van der Waals surface area contributed by atoms with Gasteiger partial charge in [0.2, 0.25) is 0 Å². The number of amides is 2. The fourth-order valence-corrected chi connectivity index (χ4v) is 2.73. The Labute approximate surface area is 142 Å². The molecule has 1 N–H and O–H groups in total. The first kappa shape index (κ1) is 15.6. The van der Waals surface area contributed by atoms with Crippen molar-refractivity contribution in [2.75, 3.05) is 4.90 Å². The van der Waals surface area contributed by atoms with Gasteiger partial charge in [-0.25, -0.2) is 4.90 Å². The lowest BCUT2D eigenvalue weighted by Gasteiger charge is -2.17. The monoisotopic (exact) mass is 347 g/mol. The van der Waals surface area contributed by atoms with Crippen molar-refractivity contribution in [1.29, 1.82) is 0 Å². The van der Waals surface area contributed by atoms with E-state index in [0.29, 0.717) is 26.9 Å². The molecule has 2 amide bonds. The Hall–Kier alpha value is -2.30. The van der Waals surface area contributed by atoms with Crippen LogP contribution in [0.3, 0.4) is 0 Å². The molecule has 0 radical (unpaired) electrons. The van der Waals surface area contributed by atoms with Crippen LogP contribution in [0, 0.1) is 6.92 Å². The highest BCUT2D eigenvalue weighted by Crippen LogP contribution is 2.34. The summed E-state index contributed by atoms with van der Waals surface area (Å²) in [4.78, 5) is 26.0. The third kappa shape index (κ3) is 2.60. The van der Waals surface area contributed by atoms with E-state index in [0.717, 1.165) is 4.90 Å². The van der Waals surface area contributed by atoms with Gasteiger partial charge >= 0.3 is 5.91 Å². The van der Waals surface area contributed by atoms with Gasteiger partial charge < -0.3 is 5.11 Å². The van der Waals surface area contributed by atoms with E-state index in [-0.39, 0.29) is 5.57 Å². The molecule has 0 bridgehead atoms. The topological polar surface area (TPSA) is 57.6 Å². The Kier molecular flexibility index (Phi) is 3.88. The highest BCUT2D eigenvalue weighted by molar-refractivity contribution is 6.45. The van der Waals surface area contributed by atoms with E-state index >= 15 is 0 Å². The van der Waals surface area contributed by atoms with Crippen molar-refractivity contribution in [2.24, 2.45) is 0 Å². The van der Waals surface area contributed by atoms with Gasteiger partial charge in [0.25, 0.3) is 5.91 Å². The summed E-state index contributed by atoms with van der Waals surface area (Å²) in [5, 5.41) is 11.0. The maximum atomic E-state index is 12.7. The van der Waals surface area contributed by atoms with E-state index in [4.69, 9.17) is 23.2 Å². The summed E-state index contributed by atoms with van der Waals surface area (Å²) in [5.74, 6) is -1.96. The predicted octanol–water partition coefficient (Wildman–Crippen LogP) is 4.14. The number of hydrogen-bond acceptors (Lipinski definition) is 3. The molecule has 6 heteroatoms. The van der Waals surface area contributed by atoms with Crippen molar-refractivity contribution in [3.63, 3.8) is 0 Å². The van der Waals surface area contributed by atoms with Crippen molar-refractivity contribution in [3.8, 4) is 0 Å². The van der Waals surface area contributed by atoms with Gasteiger partial charge in [-0.3, -0.25) is 9.59 Å². The maximum Gasteiger partial charge on any atom is 0.301 e. The smallest absolute Gasteiger partial charge is 0.301 e. The van der Waals surface area contributed by atoms with Gasteiger partial charge in [-0.2, -0.15) is 0 Å². The second-order valence-corrected chi connectivity index (χ2v) is 5.98. The molecule has 0 unspecified atom stereocenters. The number of benzene rings is 2. The van der Waals surface area contributed by atoms with Gasteiger partial charge in [-0.15, -0.1) is 0 Å². The molecule has 0 atom stereocenters. The number of anilines is 1. The molecule has 2 aromatic carbocycles. The number of rotatable bonds is 2. The first-order valence-electron chi connectivity index (χ1n) is 6.74. The minimum Gasteiger partial charge on any atom is -0.502 e. The second kappa shape index (κ2) is 5.72. The molecule has 1 heterocycles. The van der Waals surface area contributed by atoms with Crippen LogP contribution in [0.1, 0.15) is 11.1 Å². The second-order valence-electron chi connectivity index (χ2n) is 5.11. The number of nitrogens with zero attached hydrogens (tertiary/aromatic N) is 1. The van der Waals surface area contributed by atoms with E-state index < -0.39 is 17.6 Å². The first-order chi connectivity index (χ1) is 10.9. The van der Waals surface area contributed by atoms with E-state index in [2.05, 4.69) is 0 Å². The van der Waals surface area contributed by atoms with Crippen LogP contribution in [0.25, 0.3) is 5.57 Å². The zero-order valence-corrected chi connectivity index (χ0v) is 13.5. The van der Waals surface area contributed by atoms with Gasteiger partial charge in [0, 0.05) is 10.0 Å². The number of aryl methyl sites for hydroxylation is 1. The SMILES string of the molecule is Cc1ccc(Cl)cc1N1C(=O)C(O)=C(c2ccc(Cl)cc2)C1=O. The third-order valence-electron chi connectivity index (χ3n) is 3.60. The minimum atomic E-state index is -0.773. The molecule has 23 heavy (non-hydrogen) atoms. The number of hydrogen-bond donors (Lipinski definition) is 1.